The third-order valence-corrected chi connectivity index (χ3v) is 18.0. The SMILES string of the molecule is Cc1ccccc1-c1cccc2c1oc1c(N(c3ccc(C(C)(C)C)cc3)c3cc(C(C)C)c4ccc5c(N(c6ccc(C(C)(C)C)cc6)c6cccc7c6oc6c(-c8ccccc8C)cccc67)cc(C(C)C)c6ccc3c4c65)cccc12. The van der Waals surface area contributed by atoms with E-state index in [9.17, 15) is 0 Å². The van der Waals surface area contributed by atoms with E-state index in [1.807, 2.05) is 0 Å². The summed E-state index contributed by atoms with van der Waals surface area (Å²) in [5.74, 6) is 0.406. The van der Waals surface area contributed by atoms with Gasteiger partial charge < -0.3 is 18.6 Å². The molecule has 0 atom stereocenters. The van der Waals surface area contributed by atoms with E-state index in [4.69, 9.17) is 8.83 Å². The van der Waals surface area contributed by atoms with Gasteiger partial charge >= 0.3 is 0 Å². The maximum absolute atomic E-state index is 7.35. The smallest absolute Gasteiger partial charge is 0.159 e. The Hall–Kier alpha value is -9.12. The van der Waals surface area contributed by atoms with E-state index in [1.54, 1.807) is 0 Å². The number of rotatable bonds is 10. The first-order chi connectivity index (χ1) is 40.4. The summed E-state index contributed by atoms with van der Waals surface area (Å²) >= 11 is 0. The Bertz CT molecular complexity index is 4570. The number of aryl methyl sites for hydroxylation is 2. The van der Waals surface area contributed by atoms with Crippen LogP contribution in [0.4, 0.5) is 34.1 Å². The molecule has 0 aliphatic carbocycles. The first-order valence-electron chi connectivity index (χ1n) is 30.0. The summed E-state index contributed by atoms with van der Waals surface area (Å²) in [7, 11) is 0. The van der Waals surface area contributed by atoms with Crippen LogP contribution in [0.5, 0.6) is 0 Å². The molecule has 4 heteroatoms. The minimum atomic E-state index is -0.0274. The van der Waals surface area contributed by atoms with Crippen molar-refractivity contribution in [3.05, 3.63) is 240 Å². The van der Waals surface area contributed by atoms with Crippen molar-refractivity contribution >= 4 is 110 Å². The number of nitrogens with zero attached hydrogens (tertiary/aromatic N) is 2. The van der Waals surface area contributed by atoms with E-state index < -0.39 is 0 Å². The fourth-order valence-electron chi connectivity index (χ4n) is 13.5. The summed E-state index contributed by atoms with van der Waals surface area (Å²) in [6, 6.07) is 76.9. The van der Waals surface area contributed by atoms with Gasteiger partial charge in [-0.15, -0.1) is 0 Å². The number of anilines is 6. The second-order valence-corrected chi connectivity index (χ2v) is 26.1. The molecule has 0 saturated carbocycles. The van der Waals surface area contributed by atoms with Gasteiger partial charge in [0.15, 0.2) is 11.2 Å². The maximum Gasteiger partial charge on any atom is 0.159 e. The molecule has 4 nitrogen and oxygen atoms in total. The van der Waals surface area contributed by atoms with Crippen molar-refractivity contribution in [1.82, 2.24) is 0 Å². The van der Waals surface area contributed by atoms with Crippen LogP contribution in [0.25, 0.3) is 98.4 Å². The van der Waals surface area contributed by atoms with Gasteiger partial charge in [0.25, 0.3) is 0 Å². The normalized spacial score (nSPS) is 12.5. The van der Waals surface area contributed by atoms with E-state index in [-0.39, 0.29) is 22.7 Å². The summed E-state index contributed by atoms with van der Waals surface area (Å²) in [6.07, 6.45) is 0. The van der Waals surface area contributed by atoms with Crippen LogP contribution >= 0.6 is 0 Å². The van der Waals surface area contributed by atoms with Crippen LogP contribution in [0.2, 0.25) is 0 Å². The highest BCUT2D eigenvalue weighted by Gasteiger charge is 2.30. The highest BCUT2D eigenvalue weighted by molar-refractivity contribution is 6.30. The molecule has 0 unspecified atom stereocenters. The quantitative estimate of drug-likeness (QED) is 0.128. The number of benzene rings is 12. The molecule has 0 saturated heterocycles. The van der Waals surface area contributed by atoms with E-state index in [1.165, 1.54) is 76.8 Å². The Morgan fingerprint density at radius 3 is 1.00 bits per heavy atom. The zero-order chi connectivity index (χ0) is 58.1. The van der Waals surface area contributed by atoms with Crippen molar-refractivity contribution < 1.29 is 8.83 Å². The van der Waals surface area contributed by atoms with E-state index in [2.05, 4.69) is 299 Å². The highest BCUT2D eigenvalue weighted by atomic mass is 16.3. The van der Waals surface area contributed by atoms with Crippen molar-refractivity contribution in [3.8, 4) is 22.3 Å². The van der Waals surface area contributed by atoms with Crippen molar-refractivity contribution in [3.63, 3.8) is 0 Å². The molecule has 2 heterocycles. The molecule has 0 amide bonds. The van der Waals surface area contributed by atoms with Crippen molar-refractivity contribution in [2.45, 2.75) is 106 Å². The van der Waals surface area contributed by atoms with Crippen LogP contribution in [0.15, 0.2) is 215 Å². The van der Waals surface area contributed by atoms with Gasteiger partial charge in [0.1, 0.15) is 11.2 Å². The van der Waals surface area contributed by atoms with Crippen molar-refractivity contribution in [2.24, 2.45) is 0 Å². The van der Waals surface area contributed by atoms with E-state index in [0.717, 1.165) is 89.1 Å². The lowest BCUT2D eigenvalue weighted by molar-refractivity contribution is 0.590. The van der Waals surface area contributed by atoms with Crippen LogP contribution in [-0.2, 0) is 10.8 Å². The third kappa shape index (κ3) is 8.47. The van der Waals surface area contributed by atoms with Crippen LogP contribution in [0.1, 0.15) is 114 Å². The molecule has 2 aromatic heterocycles. The van der Waals surface area contributed by atoms with Crippen molar-refractivity contribution in [1.29, 1.82) is 0 Å². The van der Waals surface area contributed by atoms with E-state index in [0.29, 0.717) is 0 Å². The summed E-state index contributed by atoms with van der Waals surface area (Å²) in [5, 5.41) is 11.8. The summed E-state index contributed by atoms with van der Waals surface area (Å²) < 4.78 is 14.7. The average molecular weight is 1090 g/mol. The molecular weight excluding hydrogens is 1020 g/mol. The van der Waals surface area contributed by atoms with E-state index >= 15 is 0 Å². The summed E-state index contributed by atoms with van der Waals surface area (Å²) in [5.41, 5.74) is 21.9. The van der Waals surface area contributed by atoms with Gasteiger partial charge in [-0.1, -0.05) is 227 Å². The Labute approximate surface area is 493 Å². The molecule has 0 bridgehead atoms. The molecule has 12 aromatic carbocycles. The minimum Gasteiger partial charge on any atom is -0.453 e. The molecule has 414 valence electrons. The van der Waals surface area contributed by atoms with Gasteiger partial charge in [-0.3, -0.25) is 0 Å². The lowest BCUT2D eigenvalue weighted by Crippen LogP contribution is -2.15. The Balaban J connectivity index is 1.07. The molecule has 14 aromatic rings. The van der Waals surface area contributed by atoms with Crippen LogP contribution in [0, 0.1) is 13.8 Å². The highest BCUT2D eigenvalue weighted by Crippen LogP contribution is 2.54. The number of fused-ring (bicyclic) bond motifs is 6. The van der Waals surface area contributed by atoms with Gasteiger partial charge in [0, 0.05) is 54.8 Å². The second kappa shape index (κ2) is 19.8. The standard InChI is InChI=1S/C80H72N2O2/c1-47(2)67-45-71(81(53-37-33-51(34-38-53)79(7,8)9)69-31-19-29-63-61-27-17-25-59(75(61)83-77(63)69)55-23-15-13-21-49(55)5)65-44-42-58-68(48(3)4)46-72(66-43-41-57(67)73(65)74(58)66)82(54-39-35-52(36-40-54)80(10,11)12)70-32-20-30-64-62-28-18-26-60(76(62)84-78(64)70)56-24-16-14-22-50(56)6/h13-48H,1-12H3. The van der Waals surface area contributed by atoms with Gasteiger partial charge in [-0.25, -0.2) is 0 Å². The molecule has 84 heavy (non-hydrogen) atoms. The Kier molecular flexibility index (Phi) is 12.5. The van der Waals surface area contributed by atoms with Gasteiger partial charge in [-0.05, 0) is 151 Å². The first kappa shape index (κ1) is 52.9. The predicted octanol–water partition coefficient (Wildman–Crippen LogP) is 24.1. The van der Waals surface area contributed by atoms with Crippen LogP contribution in [0.3, 0.4) is 0 Å². The number of furan rings is 2. The fraction of sp³-hybridized carbons (Fsp3) is 0.200. The monoisotopic (exact) mass is 1090 g/mol. The number of hydrogen-bond acceptors (Lipinski definition) is 4. The zero-order valence-electron chi connectivity index (χ0n) is 50.5. The van der Waals surface area contributed by atoms with Gasteiger partial charge in [0.2, 0.25) is 0 Å². The molecule has 0 fully saturated rings. The topological polar surface area (TPSA) is 32.8 Å². The van der Waals surface area contributed by atoms with Crippen molar-refractivity contribution in [2.75, 3.05) is 9.80 Å². The zero-order valence-corrected chi connectivity index (χ0v) is 50.5. The number of para-hydroxylation sites is 4. The molecule has 0 aliphatic heterocycles. The second-order valence-electron chi connectivity index (χ2n) is 26.1. The fourth-order valence-corrected chi connectivity index (χ4v) is 13.5. The van der Waals surface area contributed by atoms with Crippen LogP contribution < -0.4 is 9.80 Å². The first-order valence-corrected chi connectivity index (χ1v) is 30.0. The average Bonchev–Trinajstić information content (AvgIpc) is 1.38. The molecule has 0 aliphatic rings. The lowest BCUT2D eigenvalue weighted by Gasteiger charge is -2.32. The predicted molar refractivity (Wildman–Crippen MR) is 360 cm³/mol. The summed E-state index contributed by atoms with van der Waals surface area (Å²) in [6.45, 7) is 27.5. The Morgan fingerprint density at radius 2 is 0.643 bits per heavy atom. The minimum absolute atomic E-state index is 0.0274. The summed E-state index contributed by atoms with van der Waals surface area (Å²) in [4.78, 5) is 4.98. The molecule has 0 N–H and O–H groups in total. The molecule has 14 rings (SSSR count). The largest absolute Gasteiger partial charge is 0.453 e. The maximum atomic E-state index is 7.35. The van der Waals surface area contributed by atoms with Gasteiger partial charge in [0.05, 0.1) is 22.7 Å². The molecular formula is C80H72N2O2. The van der Waals surface area contributed by atoms with Crippen LogP contribution in [-0.4, -0.2) is 0 Å². The molecule has 0 spiro atoms. The van der Waals surface area contributed by atoms with Gasteiger partial charge in [-0.2, -0.15) is 0 Å². The molecule has 0 radical (unpaired) electrons. The Morgan fingerprint density at radius 1 is 0.310 bits per heavy atom. The number of hydrogen-bond donors (Lipinski definition) is 0. The third-order valence-electron chi connectivity index (χ3n) is 18.0. The lowest BCUT2D eigenvalue weighted by atomic mass is 9.83.